The number of H-pyrrole nitrogens is 1. The van der Waals surface area contributed by atoms with Gasteiger partial charge in [-0.05, 0) is 48.9 Å². The molecule has 4 rings (SSSR count). The molecule has 1 atom stereocenters. The zero-order valence-corrected chi connectivity index (χ0v) is 16.7. The Kier molecular flexibility index (Phi) is 5.45. The van der Waals surface area contributed by atoms with Crippen molar-refractivity contribution in [3.05, 3.63) is 71.4 Å². The average Bonchev–Trinajstić information content (AvgIpc) is 3.17. The molecule has 0 aliphatic carbocycles. The van der Waals surface area contributed by atoms with Crippen molar-refractivity contribution in [2.75, 3.05) is 13.1 Å². The number of nitrogens with zero attached hydrogens (tertiary/aromatic N) is 1. The zero-order valence-electron chi connectivity index (χ0n) is 16.7. The lowest BCUT2D eigenvalue weighted by Crippen LogP contribution is -2.45. The third-order valence-corrected chi connectivity index (χ3v) is 5.92. The predicted molar refractivity (Wildman–Crippen MR) is 110 cm³/mol. The molecule has 1 saturated heterocycles. The van der Waals surface area contributed by atoms with Gasteiger partial charge in [-0.1, -0.05) is 36.4 Å². The summed E-state index contributed by atoms with van der Waals surface area (Å²) < 4.78 is 39.8. The number of piperidine rings is 1. The smallest absolute Gasteiger partial charge is 0.361 e. The minimum atomic E-state index is -4.45. The maximum atomic E-state index is 13.3. The molecule has 158 valence electrons. The van der Waals surface area contributed by atoms with Gasteiger partial charge in [-0.15, -0.1) is 0 Å². The van der Waals surface area contributed by atoms with Crippen molar-refractivity contribution < 1.29 is 18.0 Å². The zero-order chi connectivity index (χ0) is 21.3. The van der Waals surface area contributed by atoms with E-state index in [2.05, 4.69) is 16.4 Å². The number of nitrogens with one attached hydrogen (secondary N) is 2. The van der Waals surface area contributed by atoms with Crippen molar-refractivity contribution in [3.63, 3.8) is 0 Å². The summed E-state index contributed by atoms with van der Waals surface area (Å²) in [5.41, 5.74) is 1.73. The number of benzene rings is 2. The highest BCUT2D eigenvalue weighted by atomic mass is 19.4. The molecule has 2 heterocycles. The number of urea groups is 1. The predicted octanol–water partition coefficient (Wildman–Crippen LogP) is 5.84. The van der Waals surface area contributed by atoms with Crippen LogP contribution in [0.25, 0.3) is 10.9 Å². The number of amides is 2. The normalized spacial score (nSPS) is 16.6. The molecule has 7 heteroatoms. The third kappa shape index (κ3) is 4.01. The first-order chi connectivity index (χ1) is 14.3. The van der Waals surface area contributed by atoms with E-state index in [-0.39, 0.29) is 11.6 Å². The summed E-state index contributed by atoms with van der Waals surface area (Å²) in [5, 5.41) is 3.94. The van der Waals surface area contributed by atoms with E-state index in [1.807, 2.05) is 24.4 Å². The Morgan fingerprint density at radius 1 is 1.10 bits per heavy atom. The van der Waals surface area contributed by atoms with Crippen LogP contribution in [0.15, 0.2) is 54.7 Å². The minimum absolute atomic E-state index is 0.0760. The minimum Gasteiger partial charge on any atom is -0.361 e. The lowest BCUT2D eigenvalue weighted by Gasteiger charge is -2.33. The average molecular weight is 415 g/mol. The monoisotopic (exact) mass is 415 g/mol. The number of alkyl halides is 3. The van der Waals surface area contributed by atoms with Crippen LogP contribution in [0.5, 0.6) is 0 Å². The van der Waals surface area contributed by atoms with E-state index in [0.717, 1.165) is 24.4 Å². The highest BCUT2D eigenvalue weighted by molar-refractivity contribution is 5.83. The van der Waals surface area contributed by atoms with E-state index in [1.165, 1.54) is 23.1 Å². The van der Waals surface area contributed by atoms with Crippen molar-refractivity contribution >= 4 is 16.9 Å². The molecule has 2 aromatic carbocycles. The van der Waals surface area contributed by atoms with Crippen LogP contribution in [0.1, 0.15) is 48.4 Å². The van der Waals surface area contributed by atoms with Crippen LogP contribution < -0.4 is 5.32 Å². The molecular weight excluding hydrogens is 391 g/mol. The van der Waals surface area contributed by atoms with Gasteiger partial charge in [0.15, 0.2) is 0 Å². The quantitative estimate of drug-likeness (QED) is 0.555. The van der Waals surface area contributed by atoms with Crippen molar-refractivity contribution in [2.45, 2.75) is 37.9 Å². The Hall–Kier alpha value is -2.96. The summed E-state index contributed by atoms with van der Waals surface area (Å²) in [6.45, 7) is 2.73. The molecule has 1 aliphatic heterocycles. The number of fused-ring (bicyclic) bond motifs is 1. The standard InChI is InChI=1S/C23H24F3N3O/c1-15(17-6-2-4-8-20(17)23(24,25)26)28-22(30)29-12-10-16(11-13-29)19-14-27-21-9-5-3-7-18(19)21/h2-9,14-16,27H,10-13H2,1H3,(H,28,30). The van der Waals surface area contributed by atoms with E-state index < -0.39 is 17.8 Å². The first-order valence-corrected chi connectivity index (χ1v) is 10.1. The van der Waals surface area contributed by atoms with Gasteiger partial charge in [-0.25, -0.2) is 4.79 Å². The highest BCUT2D eigenvalue weighted by Gasteiger charge is 2.35. The molecule has 1 fully saturated rings. The van der Waals surface area contributed by atoms with Crippen LogP contribution in [-0.2, 0) is 6.18 Å². The van der Waals surface area contributed by atoms with Gasteiger partial charge in [0.05, 0.1) is 11.6 Å². The molecule has 1 aliphatic rings. The molecule has 0 saturated carbocycles. The lowest BCUT2D eigenvalue weighted by atomic mass is 9.89. The lowest BCUT2D eigenvalue weighted by molar-refractivity contribution is -0.138. The van der Waals surface area contributed by atoms with Gasteiger partial charge < -0.3 is 15.2 Å². The fourth-order valence-electron chi connectivity index (χ4n) is 4.31. The molecular formula is C23H24F3N3O. The molecule has 4 nitrogen and oxygen atoms in total. The molecule has 2 amide bonds. The Morgan fingerprint density at radius 3 is 2.50 bits per heavy atom. The van der Waals surface area contributed by atoms with Crippen molar-refractivity contribution in [1.29, 1.82) is 0 Å². The molecule has 1 aromatic heterocycles. The number of halogens is 3. The van der Waals surface area contributed by atoms with Gasteiger partial charge in [-0.3, -0.25) is 0 Å². The second-order valence-corrected chi connectivity index (χ2v) is 7.81. The summed E-state index contributed by atoms with van der Waals surface area (Å²) >= 11 is 0. The van der Waals surface area contributed by atoms with Crippen LogP contribution >= 0.6 is 0 Å². The van der Waals surface area contributed by atoms with Crippen LogP contribution in [-0.4, -0.2) is 29.0 Å². The van der Waals surface area contributed by atoms with E-state index in [1.54, 1.807) is 17.9 Å². The van der Waals surface area contributed by atoms with Crippen molar-refractivity contribution in [2.24, 2.45) is 0 Å². The SMILES string of the molecule is CC(NC(=O)N1CCC(c2c[nH]c3ccccc23)CC1)c1ccccc1C(F)(F)F. The van der Waals surface area contributed by atoms with Crippen LogP contribution in [0.2, 0.25) is 0 Å². The molecule has 30 heavy (non-hydrogen) atoms. The third-order valence-electron chi connectivity index (χ3n) is 5.92. The molecule has 0 bridgehead atoms. The maximum absolute atomic E-state index is 13.3. The van der Waals surface area contributed by atoms with Crippen molar-refractivity contribution in [3.8, 4) is 0 Å². The number of carbonyl (C=O) groups is 1. The van der Waals surface area contributed by atoms with Gasteiger partial charge in [0, 0.05) is 30.2 Å². The van der Waals surface area contributed by atoms with Gasteiger partial charge >= 0.3 is 12.2 Å². The van der Waals surface area contributed by atoms with E-state index in [0.29, 0.717) is 19.0 Å². The van der Waals surface area contributed by atoms with Crippen molar-refractivity contribution in [1.82, 2.24) is 15.2 Å². The van der Waals surface area contributed by atoms with E-state index >= 15 is 0 Å². The molecule has 0 spiro atoms. The summed E-state index contributed by atoms with van der Waals surface area (Å²) in [4.78, 5) is 17.7. The summed E-state index contributed by atoms with van der Waals surface area (Å²) in [6, 6.07) is 12.5. The number of likely N-dealkylation sites (tertiary alicyclic amines) is 1. The Morgan fingerprint density at radius 2 is 1.77 bits per heavy atom. The summed E-state index contributed by atoms with van der Waals surface area (Å²) in [7, 11) is 0. The number of para-hydroxylation sites is 1. The maximum Gasteiger partial charge on any atom is 0.416 e. The topological polar surface area (TPSA) is 48.1 Å². The fourth-order valence-corrected chi connectivity index (χ4v) is 4.31. The van der Waals surface area contributed by atoms with Gasteiger partial charge in [0.25, 0.3) is 0 Å². The van der Waals surface area contributed by atoms with Gasteiger partial charge in [-0.2, -0.15) is 13.2 Å². The summed E-state index contributed by atoms with van der Waals surface area (Å²) in [6.07, 6.45) is -0.764. The second kappa shape index (κ2) is 8.05. The van der Waals surface area contributed by atoms with E-state index in [4.69, 9.17) is 0 Å². The molecule has 1 unspecified atom stereocenters. The van der Waals surface area contributed by atoms with Crippen LogP contribution in [0.3, 0.4) is 0 Å². The van der Waals surface area contributed by atoms with Gasteiger partial charge in [0.2, 0.25) is 0 Å². The van der Waals surface area contributed by atoms with Gasteiger partial charge in [0.1, 0.15) is 0 Å². The second-order valence-electron chi connectivity index (χ2n) is 7.81. The first-order valence-electron chi connectivity index (χ1n) is 10.1. The largest absolute Gasteiger partial charge is 0.416 e. The Labute approximate surface area is 173 Å². The number of carbonyl (C=O) groups excluding carboxylic acids is 1. The Balaban J connectivity index is 1.39. The molecule has 3 aromatic rings. The highest BCUT2D eigenvalue weighted by Crippen LogP contribution is 2.35. The fraction of sp³-hybridized carbons (Fsp3) is 0.348. The van der Waals surface area contributed by atoms with Crippen LogP contribution in [0.4, 0.5) is 18.0 Å². The number of hydrogen-bond donors (Lipinski definition) is 2. The number of rotatable bonds is 3. The number of hydrogen-bond acceptors (Lipinski definition) is 1. The molecule has 0 radical (unpaired) electrons. The first kappa shape index (κ1) is 20.3. The van der Waals surface area contributed by atoms with Crippen LogP contribution in [0, 0.1) is 0 Å². The Bertz CT molecular complexity index is 1040. The summed E-state index contributed by atoms with van der Waals surface area (Å²) in [5.74, 6) is 0.355. The number of aromatic nitrogens is 1. The number of aromatic amines is 1. The van der Waals surface area contributed by atoms with E-state index in [9.17, 15) is 18.0 Å². The molecule has 2 N–H and O–H groups in total.